The number of esters is 1. The summed E-state index contributed by atoms with van der Waals surface area (Å²) >= 11 is 0. The Bertz CT molecular complexity index is 862. The van der Waals surface area contributed by atoms with Gasteiger partial charge >= 0.3 is 5.97 Å². The maximum atomic E-state index is 12.4. The maximum Gasteiger partial charge on any atom is 0.332 e. The van der Waals surface area contributed by atoms with Crippen molar-refractivity contribution in [1.82, 2.24) is 0 Å². The second-order valence-corrected chi connectivity index (χ2v) is 10.9. The number of aliphatic hydroxyl groups is 2. The first-order valence-corrected chi connectivity index (χ1v) is 13.0. The molecule has 2 fully saturated rings. The van der Waals surface area contributed by atoms with Crippen molar-refractivity contribution >= 4 is 5.97 Å². The second kappa shape index (κ2) is 10.9. The van der Waals surface area contributed by atoms with Crippen LogP contribution in [0.3, 0.4) is 0 Å². The summed E-state index contributed by atoms with van der Waals surface area (Å²) in [5.41, 5.74) is 3.94. The van der Waals surface area contributed by atoms with Crippen LogP contribution in [-0.4, -0.2) is 46.7 Å². The van der Waals surface area contributed by atoms with Gasteiger partial charge in [0.15, 0.2) is 0 Å². The summed E-state index contributed by atoms with van der Waals surface area (Å²) in [6, 6.07) is 0. The Morgan fingerprint density at radius 3 is 2.71 bits per heavy atom. The lowest BCUT2D eigenvalue weighted by atomic mass is 9.63. The van der Waals surface area contributed by atoms with Gasteiger partial charge in [-0.2, -0.15) is 0 Å². The van der Waals surface area contributed by atoms with Gasteiger partial charge in [0.2, 0.25) is 0 Å². The molecule has 0 bridgehead atoms. The zero-order valence-electron chi connectivity index (χ0n) is 21.7. The molecule has 2 N–H and O–H groups in total. The molecule has 3 rings (SSSR count). The molecule has 0 spiro atoms. The van der Waals surface area contributed by atoms with Crippen LogP contribution in [0, 0.1) is 11.3 Å². The summed E-state index contributed by atoms with van der Waals surface area (Å²) in [7, 11) is 0. The monoisotopic (exact) mass is 472 g/mol. The van der Waals surface area contributed by atoms with Crippen molar-refractivity contribution in [2.75, 3.05) is 6.61 Å². The third-order valence-electron chi connectivity index (χ3n) is 8.62. The SMILES string of the molecule is C=C1C(=CC=C2CCC[C@]3(C)C([C@@H](C)OCC(=O)OC(C)(CC)CC)=CC[C@@H]23)C[C@@H](O)C[C@@H]1O. The summed E-state index contributed by atoms with van der Waals surface area (Å²) in [5.74, 6) is 0.104. The minimum absolute atomic E-state index is 0.00979. The van der Waals surface area contributed by atoms with Crippen LogP contribution in [0.1, 0.15) is 86.0 Å². The molecule has 0 aliphatic heterocycles. The Morgan fingerprint density at radius 2 is 2.03 bits per heavy atom. The first-order chi connectivity index (χ1) is 16.0. The van der Waals surface area contributed by atoms with Gasteiger partial charge in [0, 0.05) is 6.42 Å². The van der Waals surface area contributed by atoms with Crippen molar-refractivity contribution in [2.45, 2.75) is 110 Å². The number of carbonyl (C=O) groups is 1. The first-order valence-electron chi connectivity index (χ1n) is 13.0. The molecule has 0 heterocycles. The van der Waals surface area contributed by atoms with Crippen molar-refractivity contribution < 1.29 is 24.5 Å². The third-order valence-corrected chi connectivity index (χ3v) is 8.62. The number of hydrogen-bond donors (Lipinski definition) is 2. The van der Waals surface area contributed by atoms with E-state index in [0.717, 1.165) is 49.7 Å². The number of allylic oxidation sites excluding steroid dienone is 4. The molecule has 190 valence electrons. The fourth-order valence-corrected chi connectivity index (χ4v) is 5.93. The van der Waals surface area contributed by atoms with Crippen molar-refractivity contribution in [3.63, 3.8) is 0 Å². The smallest absolute Gasteiger partial charge is 0.332 e. The van der Waals surface area contributed by atoms with Gasteiger partial charge in [0.1, 0.15) is 12.2 Å². The summed E-state index contributed by atoms with van der Waals surface area (Å²) in [5, 5.41) is 20.2. The van der Waals surface area contributed by atoms with E-state index in [2.05, 4.69) is 31.7 Å². The molecule has 0 unspecified atom stereocenters. The zero-order valence-corrected chi connectivity index (χ0v) is 21.7. The van der Waals surface area contributed by atoms with Crippen LogP contribution in [0.15, 0.2) is 47.1 Å². The first kappa shape index (κ1) is 26.9. The van der Waals surface area contributed by atoms with Crippen molar-refractivity contribution in [3.8, 4) is 0 Å². The van der Waals surface area contributed by atoms with Crippen LogP contribution in [0.25, 0.3) is 0 Å². The molecule has 3 aliphatic carbocycles. The molecule has 0 amide bonds. The van der Waals surface area contributed by atoms with E-state index in [1.807, 2.05) is 27.7 Å². The van der Waals surface area contributed by atoms with E-state index in [1.54, 1.807) is 0 Å². The van der Waals surface area contributed by atoms with Gasteiger partial charge in [-0.25, -0.2) is 4.79 Å². The predicted molar refractivity (Wildman–Crippen MR) is 135 cm³/mol. The van der Waals surface area contributed by atoms with E-state index < -0.39 is 17.8 Å². The van der Waals surface area contributed by atoms with Crippen LogP contribution in [0.2, 0.25) is 0 Å². The summed E-state index contributed by atoms with van der Waals surface area (Å²) < 4.78 is 11.7. The Balaban J connectivity index is 1.66. The standard InChI is InChI=1S/C29H44O5/c1-7-28(5,8-2)34-27(32)18-33-20(4)24-13-14-25-21(10-9-15-29(24,25)6)11-12-22-16-23(30)17-26(31)19(22)3/h11-13,20,23,25-26,30-31H,3,7-10,14-18H2,1-2,4-6H3/t20-,23-,25+,26+,29-/m1/s1. The normalized spacial score (nSPS) is 33.1. The third kappa shape index (κ3) is 5.75. The summed E-state index contributed by atoms with van der Waals surface area (Å²) in [6.07, 6.45) is 11.9. The molecule has 3 aliphatic rings. The summed E-state index contributed by atoms with van der Waals surface area (Å²) in [6.45, 7) is 14.4. The molecule has 5 heteroatoms. The van der Waals surface area contributed by atoms with Crippen LogP contribution >= 0.6 is 0 Å². The van der Waals surface area contributed by atoms with E-state index in [1.165, 1.54) is 11.1 Å². The van der Waals surface area contributed by atoms with Crippen molar-refractivity contribution in [3.05, 3.63) is 47.1 Å². The van der Waals surface area contributed by atoms with Gasteiger partial charge in [0.05, 0.1) is 18.3 Å². The minimum Gasteiger partial charge on any atom is -0.458 e. The topological polar surface area (TPSA) is 76.0 Å². The van der Waals surface area contributed by atoms with Crippen molar-refractivity contribution in [1.29, 1.82) is 0 Å². The summed E-state index contributed by atoms with van der Waals surface area (Å²) in [4.78, 5) is 12.4. The highest BCUT2D eigenvalue weighted by Crippen LogP contribution is 2.55. The van der Waals surface area contributed by atoms with Gasteiger partial charge in [-0.05, 0) is 86.8 Å². The Morgan fingerprint density at radius 1 is 1.32 bits per heavy atom. The number of aliphatic hydroxyl groups excluding tert-OH is 2. The lowest BCUT2D eigenvalue weighted by Gasteiger charge is -2.42. The quantitative estimate of drug-likeness (QED) is 0.357. The molecular weight excluding hydrogens is 428 g/mol. The van der Waals surface area contributed by atoms with Crippen molar-refractivity contribution in [2.24, 2.45) is 11.3 Å². The molecule has 5 atom stereocenters. The lowest BCUT2D eigenvalue weighted by Crippen LogP contribution is -2.36. The van der Waals surface area contributed by atoms with E-state index in [9.17, 15) is 15.0 Å². The minimum atomic E-state index is -0.665. The number of ether oxygens (including phenoxy) is 2. The molecule has 2 saturated carbocycles. The fourth-order valence-electron chi connectivity index (χ4n) is 5.93. The van der Waals surface area contributed by atoms with Gasteiger partial charge in [-0.3, -0.25) is 0 Å². The Kier molecular flexibility index (Phi) is 8.65. The fraction of sp³-hybridized carbons (Fsp3) is 0.690. The highest BCUT2D eigenvalue weighted by Gasteiger charge is 2.46. The lowest BCUT2D eigenvalue weighted by molar-refractivity contribution is -0.165. The highest BCUT2D eigenvalue weighted by molar-refractivity contribution is 5.71. The predicted octanol–water partition coefficient (Wildman–Crippen LogP) is 5.57. The Labute approximate surface area is 205 Å². The van der Waals surface area contributed by atoms with E-state index >= 15 is 0 Å². The van der Waals surface area contributed by atoms with E-state index in [0.29, 0.717) is 18.8 Å². The van der Waals surface area contributed by atoms with Gasteiger partial charge < -0.3 is 19.7 Å². The van der Waals surface area contributed by atoms with Gasteiger partial charge in [0.25, 0.3) is 0 Å². The molecule has 0 radical (unpaired) electrons. The van der Waals surface area contributed by atoms with Crippen LogP contribution in [-0.2, 0) is 14.3 Å². The van der Waals surface area contributed by atoms with Crippen LogP contribution in [0.5, 0.6) is 0 Å². The molecule has 0 aromatic carbocycles. The average Bonchev–Trinajstić information content (AvgIpc) is 3.16. The highest BCUT2D eigenvalue weighted by atomic mass is 16.6. The van der Waals surface area contributed by atoms with Crippen LogP contribution < -0.4 is 0 Å². The number of carbonyl (C=O) groups excluding carboxylic acids is 1. The zero-order chi connectivity index (χ0) is 25.1. The van der Waals surface area contributed by atoms with Gasteiger partial charge in [-0.1, -0.05) is 51.2 Å². The largest absolute Gasteiger partial charge is 0.458 e. The maximum absolute atomic E-state index is 12.4. The molecule has 5 nitrogen and oxygen atoms in total. The van der Waals surface area contributed by atoms with E-state index in [4.69, 9.17) is 9.47 Å². The van der Waals surface area contributed by atoms with Crippen LogP contribution in [0.4, 0.5) is 0 Å². The molecule has 0 saturated heterocycles. The Hall–Kier alpha value is -1.69. The number of hydrogen-bond acceptors (Lipinski definition) is 5. The number of fused-ring (bicyclic) bond motifs is 1. The van der Waals surface area contributed by atoms with E-state index in [-0.39, 0.29) is 24.1 Å². The molecule has 34 heavy (non-hydrogen) atoms. The number of rotatable bonds is 8. The van der Waals surface area contributed by atoms with Gasteiger partial charge in [-0.15, -0.1) is 0 Å². The average molecular weight is 473 g/mol. The molecule has 0 aromatic heterocycles. The molecular formula is C29H44O5. The molecule has 0 aromatic rings. The second-order valence-electron chi connectivity index (χ2n) is 10.9.